The maximum atomic E-state index is 13.5. The van der Waals surface area contributed by atoms with Crippen molar-refractivity contribution in [1.29, 1.82) is 0 Å². The Labute approximate surface area is 128 Å². The van der Waals surface area contributed by atoms with E-state index in [9.17, 15) is 24.2 Å². The second-order valence-corrected chi connectivity index (χ2v) is 5.09. The van der Waals surface area contributed by atoms with Crippen molar-refractivity contribution in [2.75, 3.05) is 4.90 Å². The molecule has 0 unspecified atom stereocenters. The number of anilines is 1. The monoisotopic (exact) mass is 325 g/mol. The van der Waals surface area contributed by atoms with Gasteiger partial charge in [-0.2, -0.15) is 0 Å². The summed E-state index contributed by atoms with van der Waals surface area (Å²) < 4.78 is 18.7. The van der Waals surface area contributed by atoms with Crippen molar-refractivity contribution in [3.8, 4) is 22.8 Å². The summed E-state index contributed by atoms with van der Waals surface area (Å²) in [4.78, 5) is 24.0. The van der Waals surface area contributed by atoms with Gasteiger partial charge in [0.1, 0.15) is 5.82 Å². The summed E-state index contributed by atoms with van der Waals surface area (Å²) in [6.07, 6.45) is -0.0186. The van der Waals surface area contributed by atoms with Crippen LogP contribution in [-0.2, 0) is 9.59 Å². The predicted octanol–water partition coefficient (Wildman–Crippen LogP) is 2.80. The van der Waals surface area contributed by atoms with Gasteiger partial charge in [-0.25, -0.2) is 9.29 Å². The molecular weight excluding hydrogens is 317 g/mol. The van der Waals surface area contributed by atoms with E-state index in [0.29, 0.717) is 4.90 Å². The van der Waals surface area contributed by atoms with Crippen LogP contribution in [0.3, 0.4) is 0 Å². The van der Waals surface area contributed by atoms with Gasteiger partial charge in [0.15, 0.2) is 5.76 Å². The second kappa shape index (κ2) is 5.03. The molecule has 22 heavy (non-hydrogen) atoms. The number of amides is 2. The second-order valence-electron chi connectivity index (χ2n) is 4.69. The van der Waals surface area contributed by atoms with Crippen molar-refractivity contribution in [2.45, 2.75) is 12.8 Å². The first-order valence-electron chi connectivity index (χ1n) is 6.26. The molecule has 2 amide bonds. The van der Waals surface area contributed by atoms with Gasteiger partial charge in [0, 0.05) is 18.4 Å². The molecule has 1 aliphatic heterocycles. The number of hydrogen-bond donors (Lipinski definition) is 2. The molecule has 2 aromatic rings. The fourth-order valence-electron chi connectivity index (χ4n) is 2.19. The van der Waals surface area contributed by atoms with Gasteiger partial charge in [-0.3, -0.25) is 9.59 Å². The summed E-state index contributed by atoms with van der Waals surface area (Å²) in [6, 6.07) is 3.61. The lowest BCUT2D eigenvalue weighted by molar-refractivity contribution is -0.121. The Kier molecular flexibility index (Phi) is 3.29. The molecule has 1 fully saturated rings. The zero-order valence-corrected chi connectivity index (χ0v) is 11.7. The summed E-state index contributed by atoms with van der Waals surface area (Å²) in [5.74, 6) is -4.04. The summed E-state index contributed by atoms with van der Waals surface area (Å²) in [6.45, 7) is 0. The molecule has 0 bridgehead atoms. The highest BCUT2D eigenvalue weighted by molar-refractivity contribution is 6.30. The van der Waals surface area contributed by atoms with Crippen LogP contribution in [0.2, 0.25) is 5.02 Å². The molecule has 3 rings (SSSR count). The average molecular weight is 326 g/mol. The van der Waals surface area contributed by atoms with Gasteiger partial charge in [0.25, 0.3) is 5.88 Å². The van der Waals surface area contributed by atoms with E-state index < -0.39 is 35.0 Å². The van der Waals surface area contributed by atoms with Crippen LogP contribution >= 0.6 is 11.6 Å². The largest absolute Gasteiger partial charge is 0.502 e. The fraction of sp³-hybridized carbons (Fsp3) is 0.143. The Morgan fingerprint density at radius 2 is 1.77 bits per heavy atom. The Morgan fingerprint density at radius 3 is 2.36 bits per heavy atom. The summed E-state index contributed by atoms with van der Waals surface area (Å²) in [5.41, 5.74) is 0.0973. The lowest BCUT2D eigenvalue weighted by Gasteiger charge is -2.09. The molecule has 6 nitrogen and oxygen atoms in total. The topological polar surface area (TPSA) is 91.0 Å². The first-order valence-corrected chi connectivity index (χ1v) is 6.64. The molecule has 0 aliphatic carbocycles. The number of carbonyl (C=O) groups excluding carboxylic acids is 2. The van der Waals surface area contributed by atoms with E-state index in [2.05, 4.69) is 0 Å². The predicted molar refractivity (Wildman–Crippen MR) is 74.2 cm³/mol. The van der Waals surface area contributed by atoms with Crippen LogP contribution in [0.4, 0.5) is 10.3 Å². The minimum atomic E-state index is -0.756. The highest BCUT2D eigenvalue weighted by Crippen LogP contribution is 2.48. The summed E-state index contributed by atoms with van der Waals surface area (Å²) in [7, 11) is 0. The fourth-order valence-corrected chi connectivity index (χ4v) is 2.31. The quantitative estimate of drug-likeness (QED) is 0.828. The SMILES string of the molecule is O=C1CCC(=O)N1c1oc(-c2ccc(Cl)c(F)c2)c(O)c1O. The third-order valence-corrected chi connectivity index (χ3v) is 3.58. The van der Waals surface area contributed by atoms with Gasteiger partial charge in [0.2, 0.25) is 23.3 Å². The van der Waals surface area contributed by atoms with Gasteiger partial charge >= 0.3 is 0 Å². The number of benzene rings is 1. The van der Waals surface area contributed by atoms with Crippen LogP contribution in [-0.4, -0.2) is 22.0 Å². The third-order valence-electron chi connectivity index (χ3n) is 3.28. The molecule has 2 N–H and O–H groups in total. The van der Waals surface area contributed by atoms with Crippen molar-refractivity contribution in [3.05, 3.63) is 29.0 Å². The maximum absolute atomic E-state index is 13.5. The van der Waals surface area contributed by atoms with E-state index in [1.165, 1.54) is 12.1 Å². The highest BCUT2D eigenvalue weighted by atomic mass is 35.5. The first-order chi connectivity index (χ1) is 10.4. The first kappa shape index (κ1) is 14.4. The highest BCUT2D eigenvalue weighted by Gasteiger charge is 2.37. The number of hydrogen-bond acceptors (Lipinski definition) is 5. The number of aromatic hydroxyl groups is 2. The van der Waals surface area contributed by atoms with Crippen LogP contribution in [0.5, 0.6) is 11.5 Å². The molecule has 0 radical (unpaired) electrons. The van der Waals surface area contributed by atoms with E-state index in [0.717, 1.165) is 6.07 Å². The van der Waals surface area contributed by atoms with E-state index in [-0.39, 0.29) is 29.2 Å². The molecule has 1 aromatic heterocycles. The van der Waals surface area contributed by atoms with Gasteiger partial charge in [-0.05, 0) is 18.2 Å². The molecule has 0 atom stereocenters. The molecule has 1 saturated heterocycles. The summed E-state index contributed by atoms with van der Waals surface area (Å²) in [5, 5.41) is 19.7. The van der Waals surface area contributed by atoms with Gasteiger partial charge < -0.3 is 14.6 Å². The molecule has 0 spiro atoms. The Bertz CT molecular complexity index is 785. The maximum Gasteiger partial charge on any atom is 0.256 e. The molecule has 8 heteroatoms. The van der Waals surface area contributed by atoms with Crippen LogP contribution in [0.25, 0.3) is 11.3 Å². The molecular formula is C14H9ClFNO5. The Hall–Kier alpha value is -2.54. The molecule has 1 aromatic carbocycles. The zero-order chi connectivity index (χ0) is 16.0. The lowest BCUT2D eigenvalue weighted by atomic mass is 10.1. The normalized spacial score (nSPS) is 14.9. The van der Waals surface area contributed by atoms with E-state index in [1.807, 2.05) is 0 Å². The van der Waals surface area contributed by atoms with Crippen molar-refractivity contribution >= 4 is 29.3 Å². The molecule has 2 heterocycles. The molecule has 1 aliphatic rings. The van der Waals surface area contributed by atoms with Crippen LogP contribution in [0.1, 0.15) is 12.8 Å². The number of furan rings is 1. The number of nitrogens with zero attached hydrogens (tertiary/aromatic N) is 1. The van der Waals surface area contributed by atoms with Crippen molar-refractivity contribution in [3.63, 3.8) is 0 Å². The van der Waals surface area contributed by atoms with E-state index >= 15 is 0 Å². The van der Waals surface area contributed by atoms with Crippen molar-refractivity contribution in [1.82, 2.24) is 0 Å². The molecule has 114 valence electrons. The van der Waals surface area contributed by atoms with E-state index in [1.54, 1.807) is 0 Å². The molecule has 0 saturated carbocycles. The third kappa shape index (κ3) is 2.10. The zero-order valence-electron chi connectivity index (χ0n) is 11.0. The number of carbonyl (C=O) groups is 2. The number of rotatable bonds is 2. The van der Waals surface area contributed by atoms with Crippen LogP contribution < -0.4 is 4.90 Å². The Balaban J connectivity index is 2.11. The van der Waals surface area contributed by atoms with Gasteiger partial charge in [0.05, 0.1) is 5.02 Å². The van der Waals surface area contributed by atoms with Crippen molar-refractivity contribution < 1.29 is 28.6 Å². The standard InChI is InChI=1S/C14H9ClFNO5/c15-7-2-1-6(5-8(7)16)13-11(20)12(21)14(22-13)17-9(18)3-4-10(17)19/h1-2,5,20-21H,3-4H2. The van der Waals surface area contributed by atoms with Crippen molar-refractivity contribution in [2.24, 2.45) is 0 Å². The Morgan fingerprint density at radius 1 is 1.14 bits per heavy atom. The smallest absolute Gasteiger partial charge is 0.256 e. The van der Waals surface area contributed by atoms with Crippen LogP contribution in [0.15, 0.2) is 22.6 Å². The van der Waals surface area contributed by atoms with Gasteiger partial charge in [-0.15, -0.1) is 0 Å². The number of imide groups is 1. The van der Waals surface area contributed by atoms with Gasteiger partial charge in [-0.1, -0.05) is 11.6 Å². The summed E-state index contributed by atoms with van der Waals surface area (Å²) >= 11 is 5.57. The van der Waals surface area contributed by atoms with E-state index in [4.69, 9.17) is 16.0 Å². The minimum absolute atomic E-state index is 0.00928. The average Bonchev–Trinajstić information content (AvgIpc) is 2.95. The lowest BCUT2D eigenvalue weighted by Crippen LogP contribution is -2.28. The van der Waals surface area contributed by atoms with Crippen LogP contribution in [0, 0.1) is 5.82 Å². The minimum Gasteiger partial charge on any atom is -0.502 e. The number of halogens is 2.